The van der Waals surface area contributed by atoms with Crippen molar-refractivity contribution in [1.29, 1.82) is 0 Å². The van der Waals surface area contributed by atoms with Crippen molar-refractivity contribution >= 4 is 11.9 Å². The summed E-state index contributed by atoms with van der Waals surface area (Å²) >= 11 is 0. The van der Waals surface area contributed by atoms with Crippen molar-refractivity contribution < 1.29 is 27.9 Å². The van der Waals surface area contributed by atoms with Gasteiger partial charge < -0.3 is 10.0 Å². The van der Waals surface area contributed by atoms with Gasteiger partial charge in [0.05, 0.1) is 5.41 Å². The molecule has 8 nitrogen and oxygen atoms in total. The zero-order valence-electron chi connectivity index (χ0n) is 17.9. The van der Waals surface area contributed by atoms with Crippen molar-refractivity contribution in [3.63, 3.8) is 0 Å². The Morgan fingerprint density at radius 2 is 2.00 bits per heavy atom. The van der Waals surface area contributed by atoms with E-state index in [0.29, 0.717) is 5.91 Å². The minimum atomic E-state index is -5.08. The van der Waals surface area contributed by atoms with Gasteiger partial charge in [-0.1, -0.05) is 6.07 Å². The molecule has 2 atom stereocenters. The molecule has 2 aromatic rings. The van der Waals surface area contributed by atoms with Crippen LogP contribution in [0.4, 0.5) is 13.2 Å². The van der Waals surface area contributed by atoms with Crippen LogP contribution in [0, 0.1) is 5.41 Å². The third-order valence-corrected chi connectivity index (χ3v) is 6.09. The molecule has 1 N–H and O–H groups in total. The minimum Gasteiger partial charge on any atom is -0.475 e. The molecule has 2 saturated heterocycles. The fraction of sp³-hybridized carbons (Fsp3) is 0.524. The number of hydrogen-bond donors (Lipinski definition) is 1. The molecule has 32 heavy (non-hydrogen) atoms. The average molecular weight is 453 g/mol. The lowest BCUT2D eigenvalue weighted by Crippen LogP contribution is -2.50. The number of aromatic nitrogens is 3. The standard InChI is InChI=1S/C19H25N5O.C2HF3O2/c1-22-10-4-7-19(18(22)25)14-24(12-15-5-3-8-20-11-15)13-16(19)17-6-9-21-23(17)2;3-2(4,5)1(6)7/h3,5-6,8-9,11,16H,4,7,10,12-14H2,1-2H3;(H,6,7)/t16-,19+;/m0./s1. The summed E-state index contributed by atoms with van der Waals surface area (Å²) < 4.78 is 33.7. The number of alkyl halides is 3. The first-order valence-electron chi connectivity index (χ1n) is 10.2. The number of carbonyl (C=O) groups is 2. The quantitative estimate of drug-likeness (QED) is 0.767. The summed E-state index contributed by atoms with van der Waals surface area (Å²) in [5.41, 5.74) is 2.03. The lowest BCUT2D eigenvalue weighted by Gasteiger charge is -2.41. The number of carboxylic acid groups (broad SMARTS) is 1. The molecule has 0 aliphatic carbocycles. The molecule has 0 radical (unpaired) electrons. The number of hydrogen-bond acceptors (Lipinski definition) is 5. The van der Waals surface area contributed by atoms with Gasteiger partial charge in [0.2, 0.25) is 5.91 Å². The molecule has 0 aromatic carbocycles. The van der Waals surface area contributed by atoms with Crippen LogP contribution in [0.5, 0.6) is 0 Å². The average Bonchev–Trinajstić information content (AvgIpc) is 3.30. The first kappa shape index (κ1) is 23.7. The molecule has 2 aliphatic rings. The number of pyridine rings is 1. The predicted octanol–water partition coefficient (Wildman–Crippen LogP) is 2.29. The highest BCUT2D eigenvalue weighted by molar-refractivity contribution is 5.85. The van der Waals surface area contributed by atoms with Gasteiger partial charge in [0.1, 0.15) is 0 Å². The Labute approximate surface area is 183 Å². The number of piperidine rings is 1. The topological polar surface area (TPSA) is 91.6 Å². The van der Waals surface area contributed by atoms with Crippen LogP contribution in [0.25, 0.3) is 0 Å². The summed E-state index contributed by atoms with van der Waals surface area (Å²) in [5, 5.41) is 11.5. The first-order chi connectivity index (χ1) is 15.0. The molecule has 0 saturated carbocycles. The second-order valence-corrected chi connectivity index (χ2v) is 8.25. The van der Waals surface area contributed by atoms with Crippen molar-refractivity contribution in [1.82, 2.24) is 24.6 Å². The van der Waals surface area contributed by atoms with E-state index in [0.717, 1.165) is 44.7 Å². The monoisotopic (exact) mass is 453 g/mol. The molecule has 174 valence electrons. The minimum absolute atomic E-state index is 0.187. The van der Waals surface area contributed by atoms with Crippen molar-refractivity contribution in [2.45, 2.75) is 31.5 Å². The van der Waals surface area contributed by atoms with Gasteiger partial charge in [-0.25, -0.2) is 4.79 Å². The van der Waals surface area contributed by atoms with Gasteiger partial charge in [-0.2, -0.15) is 18.3 Å². The molecular formula is C21H26F3N5O3. The lowest BCUT2D eigenvalue weighted by molar-refractivity contribution is -0.192. The molecule has 1 spiro atoms. The number of aliphatic carboxylic acids is 1. The van der Waals surface area contributed by atoms with Crippen LogP contribution >= 0.6 is 0 Å². The Balaban J connectivity index is 0.000000360. The van der Waals surface area contributed by atoms with Gasteiger partial charge in [0.15, 0.2) is 0 Å². The molecule has 1 amide bonds. The van der Waals surface area contributed by atoms with E-state index < -0.39 is 12.1 Å². The third-order valence-electron chi connectivity index (χ3n) is 6.09. The first-order valence-corrected chi connectivity index (χ1v) is 10.2. The number of amides is 1. The van der Waals surface area contributed by atoms with Crippen LogP contribution in [0.1, 0.15) is 30.0 Å². The van der Waals surface area contributed by atoms with Crippen molar-refractivity contribution in [3.8, 4) is 0 Å². The number of halogens is 3. The summed E-state index contributed by atoms with van der Waals surface area (Å²) in [6.07, 6.45) is 2.49. The Hall–Kier alpha value is -2.95. The SMILES string of the molecule is CN1CCC[C@]2(CN(Cc3cccnc3)C[C@H]2c2ccnn2C)C1=O.O=C(O)C(F)(F)F. The zero-order chi connectivity index (χ0) is 23.5. The lowest BCUT2D eigenvalue weighted by atomic mass is 9.70. The maximum absolute atomic E-state index is 13.2. The van der Waals surface area contributed by atoms with Crippen LogP contribution in [-0.4, -0.2) is 74.4 Å². The van der Waals surface area contributed by atoms with Crippen LogP contribution in [0.15, 0.2) is 36.8 Å². The number of carboxylic acids is 1. The Morgan fingerprint density at radius 3 is 2.56 bits per heavy atom. The maximum atomic E-state index is 13.2. The van der Waals surface area contributed by atoms with Crippen LogP contribution < -0.4 is 0 Å². The number of aryl methyl sites for hydroxylation is 1. The third kappa shape index (κ3) is 4.93. The highest BCUT2D eigenvalue weighted by Gasteiger charge is 2.55. The van der Waals surface area contributed by atoms with E-state index in [-0.39, 0.29) is 11.3 Å². The highest BCUT2D eigenvalue weighted by atomic mass is 19.4. The van der Waals surface area contributed by atoms with Crippen molar-refractivity contribution in [2.24, 2.45) is 12.5 Å². The normalized spacial score (nSPS) is 23.8. The van der Waals surface area contributed by atoms with Crippen molar-refractivity contribution in [2.75, 3.05) is 26.7 Å². The van der Waals surface area contributed by atoms with Gasteiger partial charge in [-0.05, 0) is 30.5 Å². The van der Waals surface area contributed by atoms with E-state index in [9.17, 15) is 18.0 Å². The fourth-order valence-electron chi connectivity index (χ4n) is 4.67. The summed E-state index contributed by atoms with van der Waals surface area (Å²) in [7, 11) is 3.91. The van der Waals surface area contributed by atoms with Gasteiger partial charge in [-0.15, -0.1) is 0 Å². The summed E-state index contributed by atoms with van der Waals surface area (Å²) in [6.45, 7) is 3.39. The zero-order valence-corrected chi connectivity index (χ0v) is 17.9. The maximum Gasteiger partial charge on any atom is 0.490 e. The second-order valence-electron chi connectivity index (χ2n) is 8.25. The Bertz CT molecular complexity index is 950. The Morgan fingerprint density at radius 1 is 1.28 bits per heavy atom. The second kappa shape index (κ2) is 9.27. The largest absolute Gasteiger partial charge is 0.490 e. The van der Waals surface area contributed by atoms with Crippen LogP contribution in [0.2, 0.25) is 0 Å². The fourth-order valence-corrected chi connectivity index (χ4v) is 4.67. The van der Waals surface area contributed by atoms with Gasteiger partial charge in [-0.3, -0.25) is 19.4 Å². The molecule has 2 aliphatic heterocycles. The predicted molar refractivity (Wildman–Crippen MR) is 108 cm³/mol. The van der Waals surface area contributed by atoms with Gasteiger partial charge in [0.25, 0.3) is 0 Å². The molecule has 4 heterocycles. The molecule has 11 heteroatoms. The summed E-state index contributed by atoms with van der Waals surface area (Å²) in [5.74, 6) is -2.28. The smallest absolute Gasteiger partial charge is 0.475 e. The molecule has 0 bridgehead atoms. The van der Waals surface area contributed by atoms with E-state index in [1.54, 1.807) is 6.20 Å². The van der Waals surface area contributed by atoms with Crippen LogP contribution in [0.3, 0.4) is 0 Å². The van der Waals surface area contributed by atoms with Crippen molar-refractivity contribution in [3.05, 3.63) is 48.0 Å². The molecule has 2 aromatic heterocycles. The van der Waals surface area contributed by atoms with E-state index in [1.807, 2.05) is 42.1 Å². The van der Waals surface area contributed by atoms with E-state index >= 15 is 0 Å². The summed E-state index contributed by atoms with van der Waals surface area (Å²) in [6, 6.07) is 6.15. The van der Waals surface area contributed by atoms with Crippen LogP contribution in [-0.2, 0) is 23.2 Å². The van der Waals surface area contributed by atoms with E-state index in [4.69, 9.17) is 9.90 Å². The number of nitrogens with zero attached hydrogens (tertiary/aromatic N) is 5. The summed E-state index contributed by atoms with van der Waals surface area (Å²) in [4.78, 5) is 30.7. The Kier molecular flexibility index (Phi) is 6.87. The molecule has 4 rings (SSSR count). The molecule has 0 unspecified atom stereocenters. The van der Waals surface area contributed by atoms with E-state index in [1.165, 1.54) is 5.56 Å². The van der Waals surface area contributed by atoms with Gasteiger partial charge in [0, 0.05) is 70.5 Å². The number of carbonyl (C=O) groups excluding carboxylic acids is 1. The highest BCUT2D eigenvalue weighted by Crippen LogP contribution is 2.49. The van der Waals surface area contributed by atoms with E-state index in [2.05, 4.69) is 27.1 Å². The number of rotatable bonds is 3. The van der Waals surface area contributed by atoms with Gasteiger partial charge >= 0.3 is 12.1 Å². The molecule has 2 fully saturated rings. The molecular weight excluding hydrogens is 427 g/mol. The number of likely N-dealkylation sites (tertiary alicyclic amines) is 2.